The highest BCUT2D eigenvalue weighted by molar-refractivity contribution is 5.91. The molecule has 0 spiro atoms. The number of benzene rings is 2. The summed E-state index contributed by atoms with van der Waals surface area (Å²) >= 11 is 0. The molecule has 2 rings (SSSR count). The minimum Gasteiger partial charge on any atom is -0.494 e. The second kappa shape index (κ2) is 13.2. The molecule has 0 aliphatic rings. The molecule has 2 aromatic rings. The third-order valence-electron chi connectivity index (χ3n) is 4.56. The highest BCUT2D eigenvalue weighted by atomic mass is 16.5. The first-order chi connectivity index (χ1) is 14.6. The molecule has 30 heavy (non-hydrogen) atoms. The number of methoxy groups -OCH3 is 1. The summed E-state index contributed by atoms with van der Waals surface area (Å²) in [7, 11) is 1.32. The Bertz CT molecular complexity index is 806. The zero-order chi connectivity index (χ0) is 21.6. The van der Waals surface area contributed by atoms with Crippen molar-refractivity contribution in [3.8, 4) is 11.5 Å². The van der Waals surface area contributed by atoms with Gasteiger partial charge in [0, 0.05) is 6.08 Å². The number of hydrogen-bond acceptors (Lipinski definition) is 5. The Morgan fingerprint density at radius 3 is 2.13 bits per heavy atom. The van der Waals surface area contributed by atoms with Crippen LogP contribution in [-0.2, 0) is 9.53 Å². The molecule has 160 valence electrons. The molecule has 0 heterocycles. The van der Waals surface area contributed by atoms with E-state index in [0.29, 0.717) is 17.9 Å². The average Bonchev–Trinajstić information content (AvgIpc) is 2.78. The molecule has 0 aromatic heterocycles. The summed E-state index contributed by atoms with van der Waals surface area (Å²) in [5.41, 5.74) is 1.25. The number of ether oxygens (including phenoxy) is 3. The Kier molecular flexibility index (Phi) is 10.2. The molecule has 2 aromatic carbocycles. The molecular formula is C25H30O5. The van der Waals surface area contributed by atoms with Gasteiger partial charge in [-0.25, -0.2) is 9.59 Å². The van der Waals surface area contributed by atoms with Gasteiger partial charge in [-0.2, -0.15) is 0 Å². The molecule has 0 unspecified atom stereocenters. The minimum absolute atomic E-state index is 0.426. The quantitative estimate of drug-likeness (QED) is 0.191. The molecular weight excluding hydrogens is 380 g/mol. The second-order valence-electron chi connectivity index (χ2n) is 6.96. The van der Waals surface area contributed by atoms with E-state index in [1.54, 1.807) is 54.6 Å². The largest absolute Gasteiger partial charge is 0.494 e. The summed E-state index contributed by atoms with van der Waals surface area (Å²) in [6.07, 6.45) is 10.3. The van der Waals surface area contributed by atoms with Crippen LogP contribution in [0.3, 0.4) is 0 Å². The lowest BCUT2D eigenvalue weighted by atomic mass is 10.1. The number of unbranched alkanes of at least 4 members (excludes halogenated alkanes) is 5. The normalized spacial score (nSPS) is 10.7. The predicted molar refractivity (Wildman–Crippen MR) is 118 cm³/mol. The van der Waals surface area contributed by atoms with Crippen LogP contribution in [0.25, 0.3) is 6.08 Å². The average molecular weight is 411 g/mol. The Hall–Kier alpha value is -3.08. The van der Waals surface area contributed by atoms with E-state index >= 15 is 0 Å². The fourth-order valence-electron chi connectivity index (χ4n) is 2.80. The number of carbonyl (C=O) groups is 2. The summed E-state index contributed by atoms with van der Waals surface area (Å²) in [6, 6.07) is 13.8. The highest BCUT2D eigenvalue weighted by Crippen LogP contribution is 2.18. The Morgan fingerprint density at radius 1 is 0.833 bits per heavy atom. The first-order valence-corrected chi connectivity index (χ1v) is 10.4. The lowest BCUT2D eigenvalue weighted by Crippen LogP contribution is -2.08. The zero-order valence-electron chi connectivity index (χ0n) is 17.8. The maximum atomic E-state index is 12.3. The SMILES string of the molecule is CCCCCCCCOc1ccc(C(=O)Oc2ccc(/C=C/C(=O)OC)cc2)cc1. The van der Waals surface area contributed by atoms with E-state index in [0.717, 1.165) is 17.7 Å². The van der Waals surface area contributed by atoms with Gasteiger partial charge in [0.15, 0.2) is 0 Å². The molecule has 0 radical (unpaired) electrons. The zero-order valence-corrected chi connectivity index (χ0v) is 17.8. The third-order valence-corrected chi connectivity index (χ3v) is 4.56. The predicted octanol–water partition coefficient (Wildman–Crippen LogP) is 5.83. The molecule has 0 N–H and O–H groups in total. The van der Waals surface area contributed by atoms with Crippen molar-refractivity contribution < 1.29 is 23.8 Å². The van der Waals surface area contributed by atoms with Crippen molar-refractivity contribution in [3.05, 3.63) is 65.7 Å². The van der Waals surface area contributed by atoms with E-state index in [1.165, 1.54) is 45.3 Å². The molecule has 0 bridgehead atoms. The molecule has 0 saturated heterocycles. The summed E-state index contributed by atoms with van der Waals surface area (Å²) < 4.78 is 15.7. The Labute approximate surface area is 178 Å². The van der Waals surface area contributed by atoms with Crippen LogP contribution in [0.4, 0.5) is 0 Å². The van der Waals surface area contributed by atoms with Crippen molar-refractivity contribution in [3.63, 3.8) is 0 Å². The maximum absolute atomic E-state index is 12.3. The molecule has 5 nitrogen and oxygen atoms in total. The monoisotopic (exact) mass is 410 g/mol. The smallest absolute Gasteiger partial charge is 0.343 e. The second-order valence-corrected chi connectivity index (χ2v) is 6.96. The van der Waals surface area contributed by atoms with E-state index < -0.39 is 11.9 Å². The van der Waals surface area contributed by atoms with Crippen molar-refractivity contribution in [1.29, 1.82) is 0 Å². The standard InChI is InChI=1S/C25H30O5/c1-3-4-5-6-7-8-19-29-22-16-12-21(13-17-22)25(27)30-23-14-9-20(10-15-23)11-18-24(26)28-2/h9-18H,3-8,19H2,1-2H3/b18-11+. The van der Waals surface area contributed by atoms with Gasteiger partial charge in [-0.15, -0.1) is 0 Å². The van der Waals surface area contributed by atoms with Crippen molar-refractivity contribution in [2.24, 2.45) is 0 Å². The summed E-state index contributed by atoms with van der Waals surface area (Å²) in [4.78, 5) is 23.4. The number of hydrogen-bond donors (Lipinski definition) is 0. The highest BCUT2D eigenvalue weighted by Gasteiger charge is 2.09. The van der Waals surface area contributed by atoms with Gasteiger partial charge in [-0.05, 0) is 54.5 Å². The summed E-state index contributed by atoms with van der Waals surface area (Å²) in [6.45, 7) is 2.90. The van der Waals surface area contributed by atoms with E-state index in [2.05, 4.69) is 11.7 Å². The van der Waals surface area contributed by atoms with Crippen LogP contribution in [0, 0.1) is 0 Å². The summed E-state index contributed by atoms with van der Waals surface area (Å²) in [5.74, 6) is 0.320. The summed E-state index contributed by atoms with van der Waals surface area (Å²) in [5, 5.41) is 0. The van der Waals surface area contributed by atoms with Gasteiger partial charge in [0.2, 0.25) is 0 Å². The van der Waals surface area contributed by atoms with Crippen molar-refractivity contribution in [2.45, 2.75) is 45.4 Å². The van der Waals surface area contributed by atoms with Gasteiger partial charge in [0.1, 0.15) is 11.5 Å². The molecule has 0 saturated carbocycles. The topological polar surface area (TPSA) is 61.8 Å². The van der Waals surface area contributed by atoms with Crippen molar-refractivity contribution in [2.75, 3.05) is 13.7 Å². The molecule has 0 amide bonds. The van der Waals surface area contributed by atoms with Gasteiger partial charge in [0.25, 0.3) is 0 Å². The van der Waals surface area contributed by atoms with Crippen LogP contribution in [0.2, 0.25) is 0 Å². The molecule has 0 fully saturated rings. The van der Waals surface area contributed by atoms with Crippen LogP contribution in [0.15, 0.2) is 54.6 Å². The third kappa shape index (κ3) is 8.52. The molecule has 0 atom stereocenters. The van der Waals surface area contributed by atoms with Gasteiger partial charge in [0.05, 0.1) is 19.3 Å². The number of rotatable bonds is 12. The maximum Gasteiger partial charge on any atom is 0.343 e. The lowest BCUT2D eigenvalue weighted by molar-refractivity contribution is -0.134. The van der Waals surface area contributed by atoms with Crippen LogP contribution >= 0.6 is 0 Å². The van der Waals surface area contributed by atoms with Gasteiger partial charge >= 0.3 is 11.9 Å². The minimum atomic E-state index is -0.435. The number of esters is 2. The van der Waals surface area contributed by atoms with Gasteiger partial charge in [-0.1, -0.05) is 51.2 Å². The van der Waals surface area contributed by atoms with Crippen LogP contribution in [-0.4, -0.2) is 25.7 Å². The Morgan fingerprint density at radius 2 is 1.47 bits per heavy atom. The van der Waals surface area contributed by atoms with Gasteiger partial charge < -0.3 is 14.2 Å². The first kappa shape index (κ1) is 23.2. The van der Waals surface area contributed by atoms with Crippen LogP contribution in [0.1, 0.15) is 61.4 Å². The van der Waals surface area contributed by atoms with E-state index in [9.17, 15) is 9.59 Å². The first-order valence-electron chi connectivity index (χ1n) is 10.4. The number of carbonyl (C=O) groups excluding carboxylic acids is 2. The molecule has 0 aliphatic heterocycles. The lowest BCUT2D eigenvalue weighted by Gasteiger charge is -2.08. The fraction of sp³-hybridized carbons (Fsp3) is 0.360. The van der Waals surface area contributed by atoms with E-state index in [-0.39, 0.29) is 0 Å². The Balaban J connectivity index is 1.77. The van der Waals surface area contributed by atoms with Gasteiger partial charge in [-0.3, -0.25) is 0 Å². The van der Waals surface area contributed by atoms with Crippen LogP contribution < -0.4 is 9.47 Å². The fourth-order valence-corrected chi connectivity index (χ4v) is 2.80. The molecule has 5 heteroatoms. The van der Waals surface area contributed by atoms with Crippen molar-refractivity contribution in [1.82, 2.24) is 0 Å². The van der Waals surface area contributed by atoms with E-state index in [1.807, 2.05) is 0 Å². The van der Waals surface area contributed by atoms with Crippen molar-refractivity contribution >= 4 is 18.0 Å². The van der Waals surface area contributed by atoms with E-state index in [4.69, 9.17) is 9.47 Å². The molecule has 0 aliphatic carbocycles. The van der Waals surface area contributed by atoms with Crippen LogP contribution in [0.5, 0.6) is 11.5 Å².